The molecule has 6 nitrogen and oxygen atoms in total. The first-order chi connectivity index (χ1) is 14.9. The second kappa shape index (κ2) is 11.4. The Bertz CT molecular complexity index is 825. The molecule has 3 rings (SSSR count). The monoisotopic (exact) mass is 453 g/mol. The summed E-state index contributed by atoms with van der Waals surface area (Å²) in [6.07, 6.45) is 7.00. The van der Waals surface area contributed by atoms with Gasteiger partial charge in [-0.2, -0.15) is 0 Å². The first-order valence-corrected chi connectivity index (χ1v) is 13.2. The lowest BCUT2D eigenvalue weighted by molar-refractivity contribution is -0.126. The summed E-state index contributed by atoms with van der Waals surface area (Å²) in [5.74, 6) is -0.975. The molecule has 1 atom stereocenters. The van der Waals surface area contributed by atoms with Crippen LogP contribution in [0.4, 0.5) is 4.39 Å². The number of carbonyl (C=O) groups excluding carboxylic acids is 1. The van der Waals surface area contributed by atoms with Crippen LogP contribution in [0, 0.1) is 11.7 Å². The van der Waals surface area contributed by atoms with Crippen molar-refractivity contribution in [1.29, 1.82) is 0 Å². The van der Waals surface area contributed by atoms with E-state index in [1.54, 1.807) is 12.1 Å². The summed E-state index contributed by atoms with van der Waals surface area (Å²) in [7, 11) is -3.59. The molecular weight excluding hydrogens is 417 g/mol. The maximum atomic E-state index is 13.8. The lowest BCUT2D eigenvalue weighted by Gasteiger charge is -2.35. The molecule has 0 saturated carbocycles. The van der Waals surface area contributed by atoms with Crippen molar-refractivity contribution in [2.45, 2.75) is 63.7 Å². The molecule has 2 fully saturated rings. The lowest BCUT2D eigenvalue weighted by atomic mass is 9.97. The number of nitrogens with zero attached hydrogens (tertiary/aromatic N) is 2. The Labute approximate surface area is 186 Å². The van der Waals surface area contributed by atoms with Gasteiger partial charge in [0, 0.05) is 43.7 Å². The van der Waals surface area contributed by atoms with Crippen molar-refractivity contribution in [3.8, 4) is 0 Å². The second-order valence-corrected chi connectivity index (χ2v) is 10.7. The highest BCUT2D eigenvalue weighted by atomic mass is 32.2. The summed E-state index contributed by atoms with van der Waals surface area (Å²) in [6.45, 7) is 5.70. The van der Waals surface area contributed by atoms with E-state index in [9.17, 15) is 17.6 Å². The number of benzene rings is 1. The number of hydrogen-bond donors (Lipinski definition) is 1. The molecule has 0 aromatic heterocycles. The third kappa shape index (κ3) is 6.73. The van der Waals surface area contributed by atoms with Crippen LogP contribution in [-0.2, 0) is 20.6 Å². The standard InChI is InChI=1S/C23H36FN3O3S/c1-2-21-9-5-6-14-26(21)15-7-13-25-23(28)19-11-16-27(17-12-19)31(29,30)18-20-8-3-4-10-22(20)24/h3-4,8,10,19,21H,2,5-7,9,11-18H2,1H3,(H,25,28)/t21-/m1/s1. The van der Waals surface area contributed by atoms with E-state index in [4.69, 9.17) is 0 Å². The Balaban J connectivity index is 1.39. The van der Waals surface area contributed by atoms with Gasteiger partial charge >= 0.3 is 0 Å². The molecule has 2 saturated heterocycles. The fraction of sp³-hybridized carbons (Fsp3) is 0.696. The largest absolute Gasteiger partial charge is 0.356 e. The van der Waals surface area contributed by atoms with Gasteiger partial charge in [-0.3, -0.25) is 4.79 Å². The zero-order chi connectivity index (χ0) is 22.3. The van der Waals surface area contributed by atoms with Gasteiger partial charge in [-0.15, -0.1) is 0 Å². The van der Waals surface area contributed by atoms with Crippen molar-refractivity contribution in [1.82, 2.24) is 14.5 Å². The summed E-state index contributed by atoms with van der Waals surface area (Å²) in [4.78, 5) is 15.1. The molecule has 2 aliphatic heterocycles. The minimum Gasteiger partial charge on any atom is -0.356 e. The van der Waals surface area contributed by atoms with Crippen molar-refractivity contribution >= 4 is 15.9 Å². The molecule has 0 aliphatic carbocycles. The van der Waals surface area contributed by atoms with Crippen LogP contribution in [-0.4, -0.2) is 62.3 Å². The average Bonchev–Trinajstić information content (AvgIpc) is 2.78. The van der Waals surface area contributed by atoms with Crippen LogP contribution in [0.1, 0.15) is 57.4 Å². The fourth-order valence-electron chi connectivity index (χ4n) is 4.75. The van der Waals surface area contributed by atoms with E-state index in [2.05, 4.69) is 17.1 Å². The maximum absolute atomic E-state index is 13.8. The molecule has 1 N–H and O–H groups in total. The summed E-state index contributed by atoms with van der Waals surface area (Å²) in [5, 5.41) is 3.04. The maximum Gasteiger partial charge on any atom is 0.223 e. The van der Waals surface area contributed by atoms with Gasteiger partial charge in [0.15, 0.2) is 0 Å². The van der Waals surface area contributed by atoms with Crippen molar-refractivity contribution in [3.05, 3.63) is 35.6 Å². The highest BCUT2D eigenvalue weighted by Crippen LogP contribution is 2.23. The van der Waals surface area contributed by atoms with Crippen molar-refractivity contribution < 1.29 is 17.6 Å². The summed E-state index contributed by atoms with van der Waals surface area (Å²) in [6, 6.07) is 6.64. The zero-order valence-electron chi connectivity index (χ0n) is 18.6. The van der Waals surface area contributed by atoms with E-state index in [-0.39, 0.29) is 23.1 Å². The Kier molecular flexibility index (Phi) is 8.86. The number of hydrogen-bond acceptors (Lipinski definition) is 4. The van der Waals surface area contributed by atoms with Gasteiger partial charge in [0.25, 0.3) is 0 Å². The van der Waals surface area contributed by atoms with E-state index in [0.717, 1.165) is 19.5 Å². The van der Waals surface area contributed by atoms with Crippen molar-refractivity contribution in [2.75, 3.05) is 32.7 Å². The molecule has 0 unspecified atom stereocenters. The molecule has 0 bridgehead atoms. The molecule has 8 heteroatoms. The highest BCUT2D eigenvalue weighted by Gasteiger charge is 2.31. The summed E-state index contributed by atoms with van der Waals surface area (Å²) >= 11 is 0. The van der Waals surface area contributed by atoms with E-state index < -0.39 is 15.8 Å². The van der Waals surface area contributed by atoms with Gasteiger partial charge < -0.3 is 10.2 Å². The molecule has 2 heterocycles. The van der Waals surface area contributed by atoms with Gasteiger partial charge in [0.2, 0.25) is 15.9 Å². The van der Waals surface area contributed by atoms with Gasteiger partial charge in [0.05, 0.1) is 5.75 Å². The molecule has 1 aromatic carbocycles. The van der Waals surface area contributed by atoms with E-state index in [1.165, 1.54) is 42.1 Å². The van der Waals surface area contributed by atoms with Crippen LogP contribution in [0.5, 0.6) is 0 Å². The predicted octanol–water partition coefficient (Wildman–Crippen LogP) is 3.14. The van der Waals surface area contributed by atoms with Crippen LogP contribution in [0.25, 0.3) is 0 Å². The normalized spacial score (nSPS) is 21.8. The first kappa shape index (κ1) is 24.1. The Morgan fingerprint density at radius 2 is 1.87 bits per heavy atom. The Morgan fingerprint density at radius 1 is 1.13 bits per heavy atom. The molecule has 2 aliphatic rings. The number of nitrogens with one attached hydrogen (secondary N) is 1. The van der Waals surface area contributed by atoms with Crippen molar-refractivity contribution in [3.63, 3.8) is 0 Å². The number of carbonyl (C=O) groups is 1. The molecular formula is C23H36FN3O3S. The minimum atomic E-state index is -3.59. The predicted molar refractivity (Wildman–Crippen MR) is 120 cm³/mol. The Morgan fingerprint density at radius 3 is 2.58 bits per heavy atom. The zero-order valence-corrected chi connectivity index (χ0v) is 19.4. The van der Waals surface area contributed by atoms with Crippen LogP contribution < -0.4 is 5.32 Å². The van der Waals surface area contributed by atoms with Crippen molar-refractivity contribution in [2.24, 2.45) is 5.92 Å². The average molecular weight is 454 g/mol. The van der Waals surface area contributed by atoms with E-state index >= 15 is 0 Å². The van der Waals surface area contributed by atoms with E-state index in [1.807, 2.05) is 0 Å². The fourth-order valence-corrected chi connectivity index (χ4v) is 6.33. The number of piperidine rings is 2. The molecule has 31 heavy (non-hydrogen) atoms. The van der Waals surface area contributed by atoms with Crippen LogP contribution in [0.2, 0.25) is 0 Å². The molecule has 1 aromatic rings. The molecule has 0 radical (unpaired) electrons. The SMILES string of the molecule is CC[C@@H]1CCCCN1CCCNC(=O)C1CCN(S(=O)(=O)Cc2ccccc2F)CC1. The quantitative estimate of drug-likeness (QED) is 0.583. The molecule has 1 amide bonds. The topological polar surface area (TPSA) is 69.7 Å². The second-order valence-electron chi connectivity index (χ2n) is 8.76. The third-order valence-corrected chi connectivity index (χ3v) is 8.48. The lowest BCUT2D eigenvalue weighted by Crippen LogP contribution is -2.44. The number of amides is 1. The van der Waals surface area contributed by atoms with Gasteiger partial charge in [-0.05, 0) is 51.1 Å². The minimum absolute atomic E-state index is 0.0248. The third-order valence-electron chi connectivity index (χ3n) is 6.66. The van der Waals surface area contributed by atoms with Crippen LogP contribution >= 0.6 is 0 Å². The first-order valence-electron chi connectivity index (χ1n) is 11.6. The van der Waals surface area contributed by atoms with Gasteiger partial charge in [-0.1, -0.05) is 31.5 Å². The van der Waals surface area contributed by atoms with Crippen LogP contribution in [0.3, 0.4) is 0 Å². The van der Waals surface area contributed by atoms with E-state index in [0.29, 0.717) is 38.5 Å². The van der Waals surface area contributed by atoms with Gasteiger partial charge in [0.1, 0.15) is 5.82 Å². The summed E-state index contributed by atoms with van der Waals surface area (Å²) in [5.41, 5.74) is 0.182. The highest BCUT2D eigenvalue weighted by molar-refractivity contribution is 7.88. The number of rotatable bonds is 9. The summed E-state index contributed by atoms with van der Waals surface area (Å²) < 4.78 is 40.5. The number of sulfonamides is 1. The number of halogens is 1. The Hall–Kier alpha value is -1.51. The van der Waals surface area contributed by atoms with Gasteiger partial charge in [-0.25, -0.2) is 17.1 Å². The molecule has 0 spiro atoms. The smallest absolute Gasteiger partial charge is 0.223 e. The number of likely N-dealkylation sites (tertiary alicyclic amines) is 1. The van der Waals surface area contributed by atoms with Crippen LogP contribution in [0.15, 0.2) is 24.3 Å². The molecule has 174 valence electrons.